The number of hydrogen-bond acceptors (Lipinski definition) is 3. The number of halogens is 1. The Kier molecular flexibility index (Phi) is 3.89. The molecule has 0 spiro atoms. The Morgan fingerprint density at radius 1 is 1.44 bits per heavy atom. The van der Waals surface area contributed by atoms with Crippen molar-refractivity contribution < 1.29 is 18.3 Å². The van der Waals surface area contributed by atoms with Gasteiger partial charge in [0, 0.05) is 11.5 Å². The number of benzene rings is 1. The van der Waals surface area contributed by atoms with Crippen molar-refractivity contribution in [2.24, 2.45) is 0 Å². The van der Waals surface area contributed by atoms with Crippen LogP contribution in [-0.4, -0.2) is 26.5 Å². The lowest BCUT2D eigenvalue weighted by atomic mass is 10.2. The molecule has 0 aliphatic heterocycles. The highest BCUT2D eigenvalue weighted by molar-refractivity contribution is 9.10. The topological polar surface area (TPSA) is 95.5 Å². The molecule has 8 heteroatoms. The summed E-state index contributed by atoms with van der Waals surface area (Å²) in [6.45, 7) is 0. The van der Waals surface area contributed by atoms with Crippen LogP contribution in [-0.2, 0) is 10.2 Å². The van der Waals surface area contributed by atoms with Gasteiger partial charge < -0.3 is 5.11 Å². The molecule has 0 amide bonds. The molecule has 0 aliphatic rings. The second kappa shape index (κ2) is 4.81. The molecule has 0 aliphatic carbocycles. The summed E-state index contributed by atoms with van der Waals surface area (Å²) in [4.78, 5) is 10.7. The Hall–Kier alpha value is -1.12. The largest absolute Gasteiger partial charge is 0.478 e. The number of nitrogens with one attached hydrogen (secondary N) is 2. The second-order valence-electron chi connectivity index (χ2n) is 2.81. The predicted octanol–water partition coefficient (Wildman–Crippen LogP) is 1.02. The highest BCUT2D eigenvalue weighted by Crippen LogP contribution is 2.24. The monoisotopic (exact) mass is 308 g/mol. The van der Waals surface area contributed by atoms with Gasteiger partial charge in [0.1, 0.15) is 0 Å². The maximum atomic E-state index is 11.2. The summed E-state index contributed by atoms with van der Waals surface area (Å²) < 4.78 is 27.1. The van der Waals surface area contributed by atoms with Crippen molar-refractivity contribution in [3.63, 3.8) is 0 Å². The van der Waals surface area contributed by atoms with Crippen molar-refractivity contribution >= 4 is 37.8 Å². The molecule has 0 saturated heterocycles. The summed E-state index contributed by atoms with van der Waals surface area (Å²) in [7, 11) is -2.41. The first-order valence-electron chi connectivity index (χ1n) is 4.10. The zero-order chi connectivity index (χ0) is 12.3. The third kappa shape index (κ3) is 3.19. The Labute approximate surface area is 101 Å². The minimum atomic E-state index is -3.66. The molecule has 1 aromatic rings. The zero-order valence-electron chi connectivity index (χ0n) is 8.19. The number of rotatable bonds is 4. The van der Waals surface area contributed by atoms with Crippen molar-refractivity contribution in [3.05, 3.63) is 28.2 Å². The van der Waals surface area contributed by atoms with E-state index in [-0.39, 0.29) is 11.3 Å². The van der Waals surface area contributed by atoms with Crippen molar-refractivity contribution in [3.8, 4) is 0 Å². The number of anilines is 1. The molecule has 3 N–H and O–H groups in total. The maximum Gasteiger partial charge on any atom is 0.335 e. The Bertz CT molecular complexity index is 515. The Balaban J connectivity index is 3.13. The molecule has 0 heterocycles. The number of hydrogen-bond donors (Lipinski definition) is 3. The fourth-order valence-corrected chi connectivity index (χ4v) is 1.97. The van der Waals surface area contributed by atoms with E-state index in [1.165, 1.54) is 25.2 Å². The van der Waals surface area contributed by atoms with Gasteiger partial charge in [-0.25, -0.2) is 9.52 Å². The highest BCUT2D eigenvalue weighted by Gasteiger charge is 2.12. The average Bonchev–Trinajstić information content (AvgIpc) is 2.21. The van der Waals surface area contributed by atoms with Gasteiger partial charge >= 0.3 is 5.97 Å². The summed E-state index contributed by atoms with van der Waals surface area (Å²) in [6, 6.07) is 4.04. The van der Waals surface area contributed by atoms with Crippen LogP contribution in [0.25, 0.3) is 0 Å². The summed E-state index contributed by atoms with van der Waals surface area (Å²) in [5.74, 6) is -1.13. The molecule has 6 nitrogen and oxygen atoms in total. The lowest BCUT2D eigenvalue weighted by Crippen LogP contribution is -2.26. The van der Waals surface area contributed by atoms with Crippen LogP contribution in [0.15, 0.2) is 22.7 Å². The lowest BCUT2D eigenvalue weighted by Gasteiger charge is -2.09. The minimum Gasteiger partial charge on any atom is -0.478 e. The third-order valence-corrected chi connectivity index (χ3v) is 3.44. The van der Waals surface area contributed by atoms with Crippen LogP contribution >= 0.6 is 15.9 Å². The number of aromatic carboxylic acids is 1. The Morgan fingerprint density at radius 3 is 2.56 bits per heavy atom. The molecule has 0 fully saturated rings. The van der Waals surface area contributed by atoms with Crippen molar-refractivity contribution in [2.75, 3.05) is 11.8 Å². The van der Waals surface area contributed by atoms with Crippen LogP contribution in [0, 0.1) is 0 Å². The molecule has 0 saturated carbocycles. The zero-order valence-corrected chi connectivity index (χ0v) is 10.6. The molecule has 1 rings (SSSR count). The summed E-state index contributed by atoms with van der Waals surface area (Å²) in [5.41, 5.74) is 0.159. The fourth-order valence-electron chi connectivity index (χ4n) is 0.932. The van der Waals surface area contributed by atoms with Crippen molar-refractivity contribution in [2.45, 2.75) is 0 Å². The van der Waals surface area contributed by atoms with Gasteiger partial charge in [-0.2, -0.15) is 8.42 Å². The molecule has 0 aromatic heterocycles. The van der Waals surface area contributed by atoms with E-state index >= 15 is 0 Å². The third-order valence-electron chi connectivity index (χ3n) is 1.73. The minimum absolute atomic E-state index is 0.00277. The Morgan fingerprint density at radius 2 is 2.06 bits per heavy atom. The smallest absolute Gasteiger partial charge is 0.335 e. The standard InChI is InChI=1S/C8H9BrN2O4S/c1-10-16(14,15)11-7-4-5(8(12)13)2-3-6(7)9/h2-4,10-11H,1H3,(H,12,13). The van der Waals surface area contributed by atoms with Crippen LogP contribution in [0.5, 0.6) is 0 Å². The fraction of sp³-hybridized carbons (Fsp3) is 0.125. The van der Waals surface area contributed by atoms with Gasteiger partial charge in [0.05, 0.1) is 11.3 Å². The molecule has 16 heavy (non-hydrogen) atoms. The van der Waals surface area contributed by atoms with Gasteiger partial charge in [0.2, 0.25) is 0 Å². The number of carbonyl (C=O) groups is 1. The first-order valence-corrected chi connectivity index (χ1v) is 6.37. The van der Waals surface area contributed by atoms with Gasteiger partial charge in [-0.05, 0) is 34.1 Å². The summed E-state index contributed by atoms with van der Waals surface area (Å²) in [6.07, 6.45) is 0. The van der Waals surface area contributed by atoms with Crippen LogP contribution in [0.3, 0.4) is 0 Å². The van der Waals surface area contributed by atoms with Crippen molar-refractivity contribution in [1.29, 1.82) is 0 Å². The van der Waals surface area contributed by atoms with Gasteiger partial charge in [0.15, 0.2) is 0 Å². The lowest BCUT2D eigenvalue weighted by molar-refractivity contribution is 0.0697. The SMILES string of the molecule is CNS(=O)(=O)Nc1cc(C(=O)O)ccc1Br. The van der Waals surface area contributed by atoms with Gasteiger partial charge in [0.25, 0.3) is 10.2 Å². The van der Waals surface area contributed by atoms with Gasteiger partial charge in [-0.1, -0.05) is 0 Å². The average molecular weight is 309 g/mol. The van der Waals surface area contributed by atoms with E-state index in [1.807, 2.05) is 0 Å². The van der Waals surface area contributed by atoms with Gasteiger partial charge in [-0.15, -0.1) is 0 Å². The van der Waals surface area contributed by atoms with Crippen LogP contribution < -0.4 is 9.44 Å². The van der Waals surface area contributed by atoms with Crippen LogP contribution in [0.4, 0.5) is 5.69 Å². The molecular formula is C8H9BrN2O4S. The molecule has 88 valence electrons. The van der Waals surface area contributed by atoms with E-state index in [2.05, 4.69) is 25.4 Å². The van der Waals surface area contributed by atoms with Crippen LogP contribution in [0.2, 0.25) is 0 Å². The first-order chi connectivity index (χ1) is 7.35. The van der Waals surface area contributed by atoms with E-state index < -0.39 is 16.2 Å². The van der Waals surface area contributed by atoms with E-state index in [4.69, 9.17) is 5.11 Å². The molecule has 0 unspecified atom stereocenters. The summed E-state index contributed by atoms with van der Waals surface area (Å²) >= 11 is 3.11. The molecule has 1 aromatic carbocycles. The molecule has 0 bridgehead atoms. The van der Waals surface area contributed by atoms with E-state index in [1.54, 1.807) is 0 Å². The number of carboxylic acid groups (broad SMARTS) is 1. The number of carboxylic acids is 1. The van der Waals surface area contributed by atoms with Crippen LogP contribution in [0.1, 0.15) is 10.4 Å². The normalized spacial score (nSPS) is 11.1. The van der Waals surface area contributed by atoms with E-state index in [0.29, 0.717) is 4.47 Å². The van der Waals surface area contributed by atoms with E-state index in [9.17, 15) is 13.2 Å². The molecule has 0 atom stereocenters. The predicted molar refractivity (Wildman–Crippen MR) is 62.7 cm³/mol. The van der Waals surface area contributed by atoms with Gasteiger partial charge in [-0.3, -0.25) is 4.72 Å². The summed E-state index contributed by atoms with van der Waals surface area (Å²) in [5, 5.41) is 8.75. The quantitative estimate of drug-likeness (QED) is 0.774. The first kappa shape index (κ1) is 12.9. The molecule has 0 radical (unpaired) electrons. The molecular weight excluding hydrogens is 300 g/mol. The van der Waals surface area contributed by atoms with Crippen molar-refractivity contribution in [1.82, 2.24) is 4.72 Å². The highest BCUT2D eigenvalue weighted by atomic mass is 79.9. The van der Waals surface area contributed by atoms with E-state index in [0.717, 1.165) is 0 Å². The second-order valence-corrected chi connectivity index (χ2v) is 5.28. The maximum absolute atomic E-state index is 11.2.